The number of likely N-dealkylation sites (N-methyl/N-ethyl adjacent to an activating group) is 1. The van der Waals surface area contributed by atoms with Gasteiger partial charge in [0.2, 0.25) is 0 Å². The molecule has 0 aliphatic carbocycles. The third-order valence-corrected chi connectivity index (χ3v) is 2.45. The van der Waals surface area contributed by atoms with Gasteiger partial charge in [0.25, 0.3) is 5.91 Å². The molecule has 3 N–H and O–H groups in total. The molecule has 5 heteroatoms. The molecule has 1 amide bonds. The van der Waals surface area contributed by atoms with Crippen LogP contribution in [0.3, 0.4) is 0 Å². The van der Waals surface area contributed by atoms with Crippen LogP contribution >= 0.6 is 0 Å². The Morgan fingerprint density at radius 1 is 1.59 bits per heavy atom. The Morgan fingerprint density at radius 2 is 2.18 bits per heavy atom. The van der Waals surface area contributed by atoms with E-state index in [4.69, 9.17) is 5.73 Å². The van der Waals surface area contributed by atoms with E-state index >= 15 is 0 Å². The topological polar surface area (TPSA) is 71.5 Å². The van der Waals surface area contributed by atoms with Gasteiger partial charge in [0, 0.05) is 26.3 Å². The first-order valence-electron chi connectivity index (χ1n) is 5.68. The van der Waals surface area contributed by atoms with Crippen LogP contribution in [-0.2, 0) is 6.54 Å². The molecule has 0 aliphatic rings. The van der Waals surface area contributed by atoms with Gasteiger partial charge in [-0.2, -0.15) is 0 Å². The number of anilines is 1. The molecule has 5 nitrogen and oxygen atoms in total. The Balaban J connectivity index is 2.88. The zero-order valence-electron chi connectivity index (χ0n) is 10.9. The van der Waals surface area contributed by atoms with Gasteiger partial charge in [-0.1, -0.05) is 0 Å². The lowest BCUT2D eigenvalue weighted by Crippen LogP contribution is -2.40. The van der Waals surface area contributed by atoms with E-state index < -0.39 is 5.60 Å². The highest BCUT2D eigenvalue weighted by molar-refractivity contribution is 5.93. The fourth-order valence-electron chi connectivity index (χ4n) is 1.82. The summed E-state index contributed by atoms with van der Waals surface area (Å²) in [6.07, 6.45) is 1.74. The molecule has 96 valence electrons. The Bertz CT molecular complexity index is 404. The van der Waals surface area contributed by atoms with E-state index in [2.05, 4.69) is 0 Å². The number of nitrogen functional groups attached to an aromatic ring is 1. The van der Waals surface area contributed by atoms with E-state index in [0.29, 0.717) is 17.9 Å². The second-order valence-corrected chi connectivity index (χ2v) is 4.92. The van der Waals surface area contributed by atoms with Gasteiger partial charge in [0.15, 0.2) is 0 Å². The van der Waals surface area contributed by atoms with E-state index in [1.165, 1.54) is 4.90 Å². The molecule has 0 spiro atoms. The first-order chi connectivity index (χ1) is 7.74. The maximum Gasteiger partial charge on any atom is 0.270 e. The summed E-state index contributed by atoms with van der Waals surface area (Å²) in [5, 5.41) is 9.69. The fourth-order valence-corrected chi connectivity index (χ4v) is 1.82. The highest BCUT2D eigenvalue weighted by atomic mass is 16.3. The maximum atomic E-state index is 12.2. The molecule has 17 heavy (non-hydrogen) atoms. The molecule has 1 heterocycles. The summed E-state index contributed by atoms with van der Waals surface area (Å²) in [4.78, 5) is 13.7. The van der Waals surface area contributed by atoms with Crippen LogP contribution < -0.4 is 5.73 Å². The summed E-state index contributed by atoms with van der Waals surface area (Å²) in [7, 11) is 1.67. The second-order valence-electron chi connectivity index (χ2n) is 4.92. The lowest BCUT2D eigenvalue weighted by atomic mass is 10.1. The van der Waals surface area contributed by atoms with Crippen molar-refractivity contribution in [2.75, 3.05) is 19.3 Å². The lowest BCUT2D eigenvalue weighted by Gasteiger charge is -2.25. The molecule has 0 bridgehead atoms. The van der Waals surface area contributed by atoms with E-state index in [1.807, 2.05) is 6.92 Å². The standard InChI is InChI=1S/C12H21N3O2/c1-5-15-7-9(13)6-10(15)11(16)14(4)8-12(2,3)17/h6-7,17H,5,8,13H2,1-4H3. The quantitative estimate of drug-likeness (QED) is 0.821. The summed E-state index contributed by atoms with van der Waals surface area (Å²) in [5.41, 5.74) is 5.90. The molecule has 0 aromatic carbocycles. The fraction of sp³-hybridized carbons (Fsp3) is 0.583. The molecular formula is C12H21N3O2. The van der Waals surface area contributed by atoms with Crippen molar-refractivity contribution in [2.24, 2.45) is 0 Å². The largest absolute Gasteiger partial charge is 0.397 e. The number of hydrogen-bond donors (Lipinski definition) is 2. The average Bonchev–Trinajstić information content (AvgIpc) is 2.55. The van der Waals surface area contributed by atoms with E-state index in [-0.39, 0.29) is 12.5 Å². The molecule has 0 unspecified atom stereocenters. The van der Waals surface area contributed by atoms with E-state index in [1.54, 1.807) is 37.7 Å². The van der Waals surface area contributed by atoms with Crippen LogP contribution in [0.1, 0.15) is 31.3 Å². The van der Waals surface area contributed by atoms with Gasteiger partial charge in [0.1, 0.15) is 5.69 Å². The Morgan fingerprint density at radius 3 is 2.65 bits per heavy atom. The molecule has 0 saturated heterocycles. The van der Waals surface area contributed by atoms with E-state index in [9.17, 15) is 9.90 Å². The van der Waals surface area contributed by atoms with Crippen molar-refractivity contribution in [1.82, 2.24) is 9.47 Å². The van der Waals surface area contributed by atoms with Crippen LogP contribution in [0.5, 0.6) is 0 Å². The number of aromatic nitrogens is 1. The number of rotatable bonds is 4. The summed E-state index contributed by atoms with van der Waals surface area (Å²) in [6, 6.07) is 1.66. The van der Waals surface area contributed by atoms with Crippen molar-refractivity contribution >= 4 is 11.6 Å². The van der Waals surface area contributed by atoms with Crippen LogP contribution in [0, 0.1) is 0 Å². The van der Waals surface area contributed by atoms with Crippen molar-refractivity contribution in [2.45, 2.75) is 32.9 Å². The highest BCUT2D eigenvalue weighted by Crippen LogP contribution is 2.14. The van der Waals surface area contributed by atoms with Gasteiger partial charge in [0.05, 0.1) is 11.3 Å². The van der Waals surface area contributed by atoms with Crippen molar-refractivity contribution < 1.29 is 9.90 Å². The number of carbonyl (C=O) groups is 1. The zero-order valence-corrected chi connectivity index (χ0v) is 10.9. The molecule has 1 aromatic heterocycles. The monoisotopic (exact) mass is 239 g/mol. The van der Waals surface area contributed by atoms with Crippen molar-refractivity contribution in [3.63, 3.8) is 0 Å². The van der Waals surface area contributed by atoms with Crippen LogP contribution in [-0.4, -0.2) is 39.7 Å². The average molecular weight is 239 g/mol. The minimum absolute atomic E-state index is 0.134. The number of nitrogens with two attached hydrogens (primary N) is 1. The Labute approximate surface area is 102 Å². The highest BCUT2D eigenvalue weighted by Gasteiger charge is 2.22. The van der Waals surface area contributed by atoms with Gasteiger partial charge in [-0.3, -0.25) is 4.79 Å². The number of amides is 1. The molecule has 0 atom stereocenters. The number of aryl methyl sites for hydroxylation is 1. The van der Waals surface area contributed by atoms with Gasteiger partial charge in [-0.25, -0.2) is 0 Å². The summed E-state index contributed by atoms with van der Waals surface area (Å²) in [5.74, 6) is -0.134. The molecule has 0 radical (unpaired) electrons. The van der Waals surface area contributed by atoms with Gasteiger partial charge in [-0.15, -0.1) is 0 Å². The van der Waals surface area contributed by atoms with Crippen LogP contribution in [0.2, 0.25) is 0 Å². The molecule has 1 rings (SSSR count). The first-order valence-corrected chi connectivity index (χ1v) is 5.68. The van der Waals surface area contributed by atoms with Gasteiger partial charge in [-0.05, 0) is 26.8 Å². The summed E-state index contributed by atoms with van der Waals surface area (Å²) in [6.45, 7) is 6.26. The molecule has 1 aromatic rings. The van der Waals surface area contributed by atoms with Gasteiger partial charge < -0.3 is 20.3 Å². The predicted molar refractivity (Wildman–Crippen MR) is 67.8 cm³/mol. The number of aliphatic hydroxyl groups is 1. The second kappa shape index (κ2) is 4.79. The minimum atomic E-state index is -0.903. The maximum absolute atomic E-state index is 12.2. The normalized spacial score (nSPS) is 11.6. The molecule has 0 fully saturated rings. The van der Waals surface area contributed by atoms with E-state index in [0.717, 1.165) is 0 Å². The molecular weight excluding hydrogens is 218 g/mol. The SMILES string of the molecule is CCn1cc(N)cc1C(=O)N(C)CC(C)(C)O. The van der Waals surface area contributed by atoms with Crippen LogP contribution in [0.15, 0.2) is 12.3 Å². The smallest absolute Gasteiger partial charge is 0.270 e. The lowest BCUT2D eigenvalue weighted by molar-refractivity contribution is 0.0362. The Hall–Kier alpha value is -1.49. The third kappa shape index (κ3) is 3.49. The molecule has 0 aliphatic heterocycles. The Kier molecular flexibility index (Phi) is 3.83. The third-order valence-electron chi connectivity index (χ3n) is 2.45. The molecule has 0 saturated carbocycles. The minimum Gasteiger partial charge on any atom is -0.397 e. The number of nitrogens with zero attached hydrogens (tertiary/aromatic N) is 2. The van der Waals surface area contributed by atoms with Crippen molar-refractivity contribution in [1.29, 1.82) is 0 Å². The van der Waals surface area contributed by atoms with Crippen molar-refractivity contribution in [3.8, 4) is 0 Å². The van der Waals surface area contributed by atoms with Gasteiger partial charge >= 0.3 is 0 Å². The first kappa shape index (κ1) is 13.6. The van der Waals surface area contributed by atoms with Crippen LogP contribution in [0.25, 0.3) is 0 Å². The zero-order chi connectivity index (χ0) is 13.2. The number of hydrogen-bond acceptors (Lipinski definition) is 3. The predicted octanol–water partition coefficient (Wildman–Crippen LogP) is 0.933. The summed E-state index contributed by atoms with van der Waals surface area (Å²) >= 11 is 0. The number of carbonyl (C=O) groups excluding carboxylic acids is 1. The van der Waals surface area contributed by atoms with Crippen LogP contribution in [0.4, 0.5) is 5.69 Å². The van der Waals surface area contributed by atoms with Crippen molar-refractivity contribution in [3.05, 3.63) is 18.0 Å². The summed E-state index contributed by atoms with van der Waals surface area (Å²) < 4.78 is 1.80.